The smallest absolute Gasteiger partial charge is 0.311 e. The van der Waals surface area contributed by atoms with Gasteiger partial charge in [-0.1, -0.05) is 33.0 Å². The van der Waals surface area contributed by atoms with E-state index in [1.807, 2.05) is 0 Å². The van der Waals surface area contributed by atoms with Gasteiger partial charge in [0.2, 0.25) is 0 Å². The highest BCUT2D eigenvalue weighted by atomic mass is 32.1. The molecule has 2 amide bonds. The minimum absolute atomic E-state index is 0.0659. The number of nitrogens with one attached hydrogen (secondary N) is 1. The molecule has 1 heterocycles. The van der Waals surface area contributed by atoms with Crippen LogP contribution in [-0.4, -0.2) is 41.3 Å². The number of carbonyl (C=O) groups is 2. The Morgan fingerprint density at radius 2 is 2.06 bits per heavy atom. The molecule has 1 saturated heterocycles. The lowest BCUT2D eigenvalue weighted by molar-refractivity contribution is -0.145. The van der Waals surface area contributed by atoms with Crippen LogP contribution in [0.4, 0.5) is 0 Å². The first-order valence-corrected chi connectivity index (χ1v) is 6.48. The first-order chi connectivity index (χ1) is 8.21. The van der Waals surface area contributed by atoms with E-state index in [1.165, 1.54) is 0 Å². The van der Waals surface area contributed by atoms with Gasteiger partial charge in [0.15, 0.2) is 0 Å². The average Bonchev–Trinajstić information content (AvgIpc) is 2.73. The first-order valence-electron chi connectivity index (χ1n) is 6.07. The maximum Gasteiger partial charge on any atom is 0.311 e. The van der Waals surface area contributed by atoms with Crippen molar-refractivity contribution in [1.29, 1.82) is 0 Å². The zero-order valence-electron chi connectivity index (χ0n) is 11.2. The summed E-state index contributed by atoms with van der Waals surface area (Å²) in [6.45, 7) is 7.80. The summed E-state index contributed by atoms with van der Waals surface area (Å²) in [6.07, 6.45) is 0.942. The molecule has 3 N–H and O–H groups in total. The molecule has 0 spiro atoms. The maximum atomic E-state index is 11.9. The van der Waals surface area contributed by atoms with Gasteiger partial charge in [-0.25, -0.2) is 0 Å². The van der Waals surface area contributed by atoms with Gasteiger partial charge in [0.05, 0.1) is 11.5 Å². The monoisotopic (exact) mass is 271 g/mol. The van der Waals surface area contributed by atoms with Crippen molar-refractivity contribution in [2.75, 3.05) is 19.6 Å². The Morgan fingerprint density at radius 3 is 2.50 bits per heavy atom. The summed E-state index contributed by atoms with van der Waals surface area (Å²) in [4.78, 5) is 25.2. The molecule has 0 saturated carbocycles. The van der Waals surface area contributed by atoms with Crippen molar-refractivity contribution in [2.45, 2.75) is 27.2 Å². The Labute approximate surface area is 113 Å². The lowest BCUT2D eigenvalue weighted by Gasteiger charge is -2.26. The van der Waals surface area contributed by atoms with E-state index in [0.717, 1.165) is 6.42 Å². The zero-order chi connectivity index (χ0) is 13.9. The summed E-state index contributed by atoms with van der Waals surface area (Å²) in [6, 6.07) is 0. The predicted molar refractivity (Wildman–Crippen MR) is 73.9 cm³/mol. The van der Waals surface area contributed by atoms with Crippen molar-refractivity contribution in [3.63, 3.8) is 0 Å². The van der Waals surface area contributed by atoms with E-state index in [4.69, 9.17) is 5.73 Å². The van der Waals surface area contributed by atoms with E-state index in [2.05, 4.69) is 38.3 Å². The van der Waals surface area contributed by atoms with Crippen LogP contribution in [0.1, 0.15) is 27.2 Å². The number of likely N-dealkylation sites (tertiary alicyclic amines) is 1. The maximum absolute atomic E-state index is 11.9. The molecule has 1 aliphatic rings. The second-order valence-corrected chi connectivity index (χ2v) is 6.28. The molecule has 1 fully saturated rings. The van der Waals surface area contributed by atoms with Crippen LogP contribution in [0.25, 0.3) is 0 Å². The van der Waals surface area contributed by atoms with Crippen LogP contribution < -0.4 is 11.1 Å². The fourth-order valence-electron chi connectivity index (χ4n) is 2.04. The molecule has 5 nitrogen and oxygen atoms in total. The third kappa shape index (κ3) is 3.94. The van der Waals surface area contributed by atoms with Crippen molar-refractivity contribution in [3.05, 3.63) is 0 Å². The number of nitrogens with two attached hydrogens (primary N) is 1. The number of amides is 2. The van der Waals surface area contributed by atoms with E-state index in [0.29, 0.717) is 19.0 Å². The van der Waals surface area contributed by atoms with Crippen LogP contribution in [0.5, 0.6) is 0 Å². The van der Waals surface area contributed by atoms with E-state index in [-0.39, 0.29) is 16.9 Å². The number of nitrogens with zero attached hydrogens (tertiary/aromatic N) is 1. The third-order valence-corrected chi connectivity index (χ3v) is 3.46. The third-order valence-electron chi connectivity index (χ3n) is 3.32. The van der Waals surface area contributed by atoms with Gasteiger partial charge < -0.3 is 16.0 Å². The van der Waals surface area contributed by atoms with Crippen LogP contribution in [0.2, 0.25) is 0 Å². The fraction of sp³-hybridized carbons (Fsp3) is 0.750. The lowest BCUT2D eigenvalue weighted by Crippen LogP contribution is -2.44. The summed E-state index contributed by atoms with van der Waals surface area (Å²) in [5, 5.41) is 2.42. The van der Waals surface area contributed by atoms with E-state index >= 15 is 0 Å². The van der Waals surface area contributed by atoms with Crippen LogP contribution in [0.15, 0.2) is 0 Å². The van der Waals surface area contributed by atoms with Gasteiger partial charge in [-0.05, 0) is 17.8 Å². The van der Waals surface area contributed by atoms with Crippen molar-refractivity contribution in [1.82, 2.24) is 10.2 Å². The minimum Gasteiger partial charge on any atom is -0.392 e. The number of carbonyl (C=O) groups excluding carboxylic acids is 2. The summed E-state index contributed by atoms with van der Waals surface area (Å²) >= 11 is 4.64. The zero-order valence-corrected chi connectivity index (χ0v) is 12.0. The van der Waals surface area contributed by atoms with E-state index in [1.54, 1.807) is 4.90 Å². The molecule has 6 heteroatoms. The molecule has 0 aliphatic carbocycles. The number of hydrogen-bond donors (Lipinski definition) is 2. The summed E-state index contributed by atoms with van der Waals surface area (Å²) in [7, 11) is 0. The molecular weight excluding hydrogens is 250 g/mol. The first kappa shape index (κ1) is 14.9. The van der Waals surface area contributed by atoms with Gasteiger partial charge in [-0.3, -0.25) is 9.59 Å². The topological polar surface area (TPSA) is 75.4 Å². The molecule has 0 aromatic rings. The van der Waals surface area contributed by atoms with Gasteiger partial charge in [0.25, 0.3) is 0 Å². The molecule has 0 bridgehead atoms. The Kier molecular flexibility index (Phi) is 4.67. The molecule has 1 aliphatic heterocycles. The van der Waals surface area contributed by atoms with Gasteiger partial charge in [-0.2, -0.15) is 0 Å². The molecule has 1 atom stereocenters. The van der Waals surface area contributed by atoms with Gasteiger partial charge in [0, 0.05) is 13.1 Å². The lowest BCUT2D eigenvalue weighted by atomic mass is 9.80. The normalized spacial score (nSPS) is 19.7. The standard InChI is InChI=1S/C12H21N3O2S/c1-12(2,3)8-4-5-15(7-8)11(17)10(16)14-6-9(13)18/h8H,4-7H2,1-3H3,(H2,13,18)(H,14,16). The number of rotatable bonds is 2. The molecule has 1 rings (SSSR count). The highest BCUT2D eigenvalue weighted by Gasteiger charge is 2.35. The number of thiocarbonyl (C=S) groups is 1. The fourth-order valence-corrected chi connectivity index (χ4v) is 2.11. The summed E-state index contributed by atoms with van der Waals surface area (Å²) < 4.78 is 0. The molecule has 1 unspecified atom stereocenters. The molecule has 18 heavy (non-hydrogen) atoms. The molecule has 0 radical (unpaired) electrons. The number of hydrogen-bond acceptors (Lipinski definition) is 3. The van der Waals surface area contributed by atoms with Gasteiger partial charge in [-0.15, -0.1) is 0 Å². The second-order valence-electron chi connectivity index (χ2n) is 5.75. The van der Waals surface area contributed by atoms with E-state index in [9.17, 15) is 9.59 Å². The molecule has 0 aromatic heterocycles. The highest BCUT2D eigenvalue weighted by molar-refractivity contribution is 7.80. The molecular formula is C12H21N3O2S. The predicted octanol–water partition coefficient (Wildman–Crippen LogP) is 0.283. The van der Waals surface area contributed by atoms with Gasteiger partial charge in [0.1, 0.15) is 0 Å². The minimum atomic E-state index is -0.627. The van der Waals surface area contributed by atoms with Crippen LogP contribution >= 0.6 is 12.2 Å². The Bertz CT molecular complexity index is 363. The van der Waals surface area contributed by atoms with Crippen molar-refractivity contribution < 1.29 is 9.59 Å². The second kappa shape index (κ2) is 5.65. The van der Waals surface area contributed by atoms with Crippen LogP contribution in [0, 0.1) is 11.3 Å². The summed E-state index contributed by atoms with van der Waals surface area (Å²) in [5.41, 5.74) is 5.42. The van der Waals surface area contributed by atoms with Crippen molar-refractivity contribution in [3.8, 4) is 0 Å². The van der Waals surface area contributed by atoms with Crippen molar-refractivity contribution >= 4 is 29.0 Å². The molecule has 0 aromatic carbocycles. The Balaban J connectivity index is 2.49. The average molecular weight is 271 g/mol. The largest absolute Gasteiger partial charge is 0.392 e. The SMILES string of the molecule is CC(C)(C)C1CCN(C(=O)C(=O)NCC(N)=S)C1. The van der Waals surface area contributed by atoms with Gasteiger partial charge >= 0.3 is 11.8 Å². The van der Waals surface area contributed by atoms with Crippen LogP contribution in [0.3, 0.4) is 0 Å². The van der Waals surface area contributed by atoms with Crippen LogP contribution in [-0.2, 0) is 9.59 Å². The molecule has 102 valence electrons. The Morgan fingerprint density at radius 1 is 1.44 bits per heavy atom. The Hall–Kier alpha value is -1.17. The quantitative estimate of drug-likeness (QED) is 0.559. The van der Waals surface area contributed by atoms with E-state index < -0.39 is 11.8 Å². The highest BCUT2D eigenvalue weighted by Crippen LogP contribution is 2.33. The van der Waals surface area contributed by atoms with Crippen molar-refractivity contribution in [2.24, 2.45) is 17.1 Å². The summed E-state index contributed by atoms with van der Waals surface area (Å²) in [5.74, 6) is -0.680.